The number of aliphatic carboxylic acids is 1. The van der Waals surface area contributed by atoms with Gasteiger partial charge in [-0.05, 0) is 100 Å². The van der Waals surface area contributed by atoms with Crippen LogP contribution in [0.25, 0.3) is 5.69 Å². The number of fused-ring (bicyclic) bond motifs is 2. The number of ether oxygens (including phenoxy) is 3. The molecule has 0 spiro atoms. The smallest absolute Gasteiger partial charge is 0.416 e. The second-order valence-corrected chi connectivity index (χ2v) is 26.4. The van der Waals surface area contributed by atoms with Gasteiger partial charge in [-0.25, -0.2) is 13.2 Å². The van der Waals surface area contributed by atoms with Gasteiger partial charge in [0.05, 0.1) is 80.8 Å². The van der Waals surface area contributed by atoms with Crippen molar-refractivity contribution in [2.45, 2.75) is 107 Å². The van der Waals surface area contributed by atoms with Crippen molar-refractivity contribution in [2.24, 2.45) is 0 Å². The average Bonchev–Trinajstić information content (AvgIpc) is 1.80. The topological polar surface area (TPSA) is 292 Å². The Labute approximate surface area is 547 Å². The summed E-state index contributed by atoms with van der Waals surface area (Å²) in [5, 5.41) is 18.7. The lowest BCUT2D eigenvalue weighted by atomic mass is 10.0. The van der Waals surface area contributed by atoms with Gasteiger partial charge in [0.1, 0.15) is 36.4 Å². The van der Waals surface area contributed by atoms with Crippen molar-refractivity contribution < 1.29 is 79.0 Å². The molecule has 2 aliphatic heterocycles. The summed E-state index contributed by atoms with van der Waals surface area (Å²) in [7, 11) is -6.50. The Morgan fingerprint density at radius 2 is 1.69 bits per heavy atom. The number of terminal acetylenes is 1. The summed E-state index contributed by atoms with van der Waals surface area (Å²) in [6.07, 6.45) is 7.11. The molecule has 9 rings (SSSR count). The first kappa shape index (κ1) is 75.3. The van der Waals surface area contributed by atoms with Crippen molar-refractivity contribution >= 4 is 110 Å². The van der Waals surface area contributed by atoms with Crippen LogP contribution in [-0.4, -0.2) is 135 Å². The number of para-hydroxylation sites is 3. The van der Waals surface area contributed by atoms with Crippen LogP contribution >= 0.6 is 65.6 Å². The van der Waals surface area contributed by atoms with Gasteiger partial charge in [-0.15, -0.1) is 23.1 Å². The second-order valence-electron chi connectivity index (χ2n) is 20.6. The Kier molecular flexibility index (Phi) is 28.0. The number of nitrogens with one attached hydrogen (secondary N) is 1. The number of amides is 2. The number of sulfone groups is 1. The summed E-state index contributed by atoms with van der Waals surface area (Å²) in [5.74, 6) is 2.30. The summed E-state index contributed by atoms with van der Waals surface area (Å²) >= 11 is 29.3. The third kappa shape index (κ3) is 21.0. The lowest BCUT2D eigenvalue weighted by molar-refractivity contribution is -0.138. The third-order valence-electron chi connectivity index (χ3n) is 13.5. The molecule has 0 saturated heterocycles. The monoisotopic (exact) mass is 1410 g/mol. The van der Waals surface area contributed by atoms with E-state index in [1.54, 1.807) is 27.5 Å². The van der Waals surface area contributed by atoms with Crippen LogP contribution in [0, 0.1) is 19.3 Å². The quantitative estimate of drug-likeness (QED) is 0.0269. The van der Waals surface area contributed by atoms with Crippen LogP contribution in [0.1, 0.15) is 96.6 Å². The summed E-state index contributed by atoms with van der Waals surface area (Å²) in [5.41, 5.74) is 2.79. The van der Waals surface area contributed by atoms with Crippen molar-refractivity contribution in [3.05, 3.63) is 139 Å². The molecule has 91 heavy (non-hydrogen) atoms. The van der Waals surface area contributed by atoms with Crippen molar-refractivity contribution in [3.8, 4) is 29.5 Å². The van der Waals surface area contributed by atoms with E-state index in [4.69, 9.17) is 98.1 Å². The largest absolute Gasteiger partial charge is 0.489 e. The van der Waals surface area contributed by atoms with Crippen molar-refractivity contribution in [1.29, 1.82) is 0 Å². The van der Waals surface area contributed by atoms with E-state index in [0.717, 1.165) is 79.2 Å². The molecule has 32 heteroatoms. The number of methoxy groups -OCH3 is 1. The first-order valence-electron chi connectivity index (χ1n) is 27.7. The lowest BCUT2D eigenvalue weighted by Gasteiger charge is -2.35. The molecule has 22 nitrogen and oxygen atoms in total. The van der Waals surface area contributed by atoms with Gasteiger partial charge in [0.15, 0.2) is 26.2 Å². The van der Waals surface area contributed by atoms with Gasteiger partial charge in [-0.1, -0.05) is 94.7 Å². The fraction of sp³-hybridized carbons (Fsp3) is 0.407. The number of hydrogen-bond donors (Lipinski definition) is 4. The Morgan fingerprint density at radius 3 is 2.27 bits per heavy atom. The number of carboxylic acids is 1. The lowest BCUT2D eigenvalue weighted by Crippen LogP contribution is -2.47. The van der Waals surface area contributed by atoms with Crippen LogP contribution in [-0.2, 0) is 59.1 Å². The molecule has 1 aliphatic carbocycles. The summed E-state index contributed by atoms with van der Waals surface area (Å²) in [6, 6.07) is 18.5. The highest BCUT2D eigenvalue weighted by atomic mass is 35.5. The zero-order chi connectivity index (χ0) is 67.7. The van der Waals surface area contributed by atoms with Crippen LogP contribution < -0.4 is 30.3 Å². The van der Waals surface area contributed by atoms with Crippen LogP contribution in [0.2, 0.25) is 10.0 Å². The highest BCUT2D eigenvalue weighted by Gasteiger charge is 2.37. The number of benzene rings is 4. The number of rotatable bonds is 18. The zero-order valence-electron chi connectivity index (χ0n) is 49.9. The number of carbonyl (C=O) groups is 4. The molecule has 6 aromatic rings. The van der Waals surface area contributed by atoms with Crippen molar-refractivity contribution in [1.82, 2.24) is 24.8 Å². The van der Waals surface area contributed by atoms with Crippen molar-refractivity contribution in [2.75, 3.05) is 61.7 Å². The summed E-state index contributed by atoms with van der Waals surface area (Å²) in [4.78, 5) is 77.0. The maximum atomic E-state index is 12.8. The van der Waals surface area contributed by atoms with E-state index in [-0.39, 0.29) is 59.1 Å². The molecular formula is C59H66Cl5F3N7O15PS. The number of aromatic nitrogens is 4. The average molecular weight is 1410 g/mol. The molecule has 0 radical (unpaired) electrons. The molecule has 2 unspecified atom stereocenters. The minimum absolute atomic E-state index is 0.0223. The number of carboxylic acid groups (broad SMARTS) is 1. The third-order valence-corrected chi connectivity index (χ3v) is 16.5. The van der Waals surface area contributed by atoms with Gasteiger partial charge >= 0.3 is 25.4 Å². The van der Waals surface area contributed by atoms with Gasteiger partial charge in [0, 0.05) is 43.9 Å². The minimum Gasteiger partial charge on any atom is -0.489 e. The predicted octanol–water partition coefficient (Wildman–Crippen LogP) is 10.5. The molecule has 2 amide bonds. The predicted molar refractivity (Wildman–Crippen MR) is 339 cm³/mol. The number of anilines is 2. The van der Waals surface area contributed by atoms with E-state index < -0.39 is 63.5 Å². The Hall–Kier alpha value is -6.47. The van der Waals surface area contributed by atoms with Crippen LogP contribution in [0.15, 0.2) is 93.2 Å². The van der Waals surface area contributed by atoms with E-state index in [1.807, 2.05) is 57.2 Å². The molecule has 4 aromatic carbocycles. The SMILES string of the molecule is C#CCOc1cc(-n2nc3n(c2=O)CCCC3)c(Cl)cc1Cl.CC1COc2ccccc2N1C(=O)C(Cl)Cl.CCc1cccc(C)c1N(C(=O)CCl)C(C)COC.CS(=O)(=O)c1cc(C(F)(F)F)ccc1C(=O)c1cnoc1C1CC1.O=C(O)CNCP(=O)(O)O. The van der Waals surface area contributed by atoms with E-state index in [0.29, 0.717) is 64.9 Å². The Bertz CT molecular complexity index is 3820. The van der Waals surface area contributed by atoms with Gasteiger partial charge in [0.25, 0.3) is 5.91 Å². The molecule has 2 atom stereocenters. The fourth-order valence-electron chi connectivity index (χ4n) is 9.24. The number of carbonyl (C=O) groups excluding carboxylic acids is 3. The van der Waals surface area contributed by atoms with Crippen LogP contribution in [0.5, 0.6) is 11.5 Å². The molecule has 0 bridgehead atoms. The standard InChI is InChI=1S/C15H13Cl2N3O2.C15H22ClNO2.C15H12F3NO4S.C11H11Cl2NO2.C3H8NO5P/c1-2-7-22-13-9-12(10(16)8-11(13)17)20-15(21)19-6-4-3-5-14(19)18-20;1-5-13-8-6-7-11(2)15(13)17(14(18)9-16)12(3)10-19-4;1-24(21,22)12-6-9(15(16,17)18)4-5-10(12)13(20)11-7-19-23-14(11)8-2-3-8;1-7-6-16-9-5-3-2-4-8(9)14(7)11(15)10(12)13;5-3(6)1-4-2-10(7,8)9/h1,8-9H,3-7H2;6-8,12H,5,9-10H2,1-4H3;4-8H,2-3H2,1H3;2-5,7,10H,6H2,1H3;4H,1-2H2,(H,5,6)(H2,7,8,9). The van der Waals surface area contributed by atoms with E-state index in [2.05, 4.69) is 34.5 Å². The van der Waals surface area contributed by atoms with E-state index in [9.17, 15) is 50.1 Å². The first-order chi connectivity index (χ1) is 42.8. The normalized spacial score (nSPS) is 14.5. The Morgan fingerprint density at radius 1 is 1.00 bits per heavy atom. The summed E-state index contributed by atoms with van der Waals surface area (Å²) < 4.78 is 96.4. The molecular weight excluding hydrogens is 1340 g/mol. The zero-order valence-corrected chi connectivity index (χ0v) is 55.4. The molecule has 1 saturated carbocycles. The van der Waals surface area contributed by atoms with E-state index in [1.165, 1.54) is 16.9 Å². The van der Waals surface area contributed by atoms with Crippen molar-refractivity contribution in [3.63, 3.8) is 0 Å². The van der Waals surface area contributed by atoms with Crippen LogP contribution in [0.3, 0.4) is 0 Å². The maximum Gasteiger partial charge on any atom is 0.416 e. The fourth-order valence-corrected chi connectivity index (χ4v) is 11.4. The molecule has 1 fully saturated rings. The number of aryl methyl sites for hydroxylation is 3. The second kappa shape index (κ2) is 33.9. The number of ketones is 1. The molecule has 2 aromatic heterocycles. The molecule has 3 aliphatic rings. The van der Waals surface area contributed by atoms with E-state index >= 15 is 0 Å². The van der Waals surface area contributed by atoms with Gasteiger partial charge in [-0.2, -0.15) is 17.9 Å². The van der Waals surface area contributed by atoms with Gasteiger partial charge < -0.3 is 43.4 Å². The van der Waals surface area contributed by atoms with Gasteiger partial charge in [-0.3, -0.25) is 33.6 Å². The highest BCUT2D eigenvalue weighted by molar-refractivity contribution is 7.90. The maximum absolute atomic E-state index is 12.8. The minimum atomic E-state index is -4.71. The number of alkyl halides is 6. The highest BCUT2D eigenvalue weighted by Crippen LogP contribution is 2.43. The number of halogens is 8. The Balaban J connectivity index is 0.000000212. The molecule has 4 heterocycles. The number of nitrogens with zero attached hydrogens (tertiary/aromatic N) is 6. The molecule has 4 N–H and O–H groups in total. The first-order valence-corrected chi connectivity index (χ1v) is 33.6. The molecule has 494 valence electrons. The van der Waals surface area contributed by atoms with Crippen LogP contribution in [0.4, 0.5) is 24.5 Å². The number of hydrogen-bond acceptors (Lipinski definition) is 15. The van der Waals surface area contributed by atoms with Gasteiger partial charge in [0.2, 0.25) is 5.91 Å². The summed E-state index contributed by atoms with van der Waals surface area (Å²) in [6.45, 7) is 9.22.